The van der Waals surface area contributed by atoms with Crippen LogP contribution in [0.3, 0.4) is 0 Å². The number of aliphatic hydroxyl groups excluding tert-OH is 1. The lowest BCUT2D eigenvalue weighted by Crippen LogP contribution is -2.53. The molecule has 1 aliphatic rings. The predicted octanol–water partition coefficient (Wildman–Crippen LogP) is 2.87. The van der Waals surface area contributed by atoms with Crippen LogP contribution in [0.2, 0.25) is 0 Å². The molecular formula is C22H27N3O3. The smallest absolute Gasteiger partial charge is 0.319 e. The van der Waals surface area contributed by atoms with Crippen LogP contribution in [0.4, 0.5) is 10.5 Å². The van der Waals surface area contributed by atoms with Gasteiger partial charge in [0.05, 0.1) is 12.1 Å². The Bertz CT molecular complexity index is 862. The van der Waals surface area contributed by atoms with Crippen molar-refractivity contribution in [3.05, 3.63) is 65.2 Å². The summed E-state index contributed by atoms with van der Waals surface area (Å²) in [6.07, 6.45) is 1.17. The number of rotatable bonds is 4. The van der Waals surface area contributed by atoms with Gasteiger partial charge in [-0.1, -0.05) is 30.3 Å². The second kappa shape index (κ2) is 7.64. The van der Waals surface area contributed by atoms with Crippen molar-refractivity contribution < 1.29 is 14.7 Å². The molecule has 3 rings (SSSR count). The summed E-state index contributed by atoms with van der Waals surface area (Å²) in [5, 5.41) is 18.5. The molecule has 148 valence electrons. The molecule has 28 heavy (non-hydrogen) atoms. The quantitative estimate of drug-likeness (QED) is 0.656. The van der Waals surface area contributed by atoms with Crippen LogP contribution in [-0.2, 0) is 12.8 Å². The van der Waals surface area contributed by atoms with E-state index in [1.807, 2.05) is 45.0 Å². The summed E-state index contributed by atoms with van der Waals surface area (Å²) in [4.78, 5) is 24.9. The van der Waals surface area contributed by atoms with Crippen molar-refractivity contribution in [3.63, 3.8) is 0 Å². The highest BCUT2D eigenvalue weighted by atomic mass is 16.3. The highest BCUT2D eigenvalue weighted by molar-refractivity contribution is 5.97. The number of carbonyl (C=O) groups is 2. The first-order valence-electron chi connectivity index (χ1n) is 9.39. The van der Waals surface area contributed by atoms with E-state index in [0.29, 0.717) is 24.1 Å². The number of hydrogen-bond donors (Lipinski definition) is 4. The van der Waals surface area contributed by atoms with Gasteiger partial charge in [-0.2, -0.15) is 0 Å². The molecule has 0 bridgehead atoms. The number of amides is 3. The Hall–Kier alpha value is -2.86. The summed E-state index contributed by atoms with van der Waals surface area (Å²) in [5.74, 6) is -0.199. The van der Waals surface area contributed by atoms with E-state index >= 15 is 0 Å². The van der Waals surface area contributed by atoms with Crippen LogP contribution in [0.25, 0.3) is 0 Å². The monoisotopic (exact) mass is 381 g/mol. The molecule has 0 fully saturated rings. The van der Waals surface area contributed by atoms with Gasteiger partial charge in [0.1, 0.15) is 0 Å². The second-order valence-corrected chi connectivity index (χ2v) is 8.42. The zero-order chi connectivity index (χ0) is 20.4. The van der Waals surface area contributed by atoms with Gasteiger partial charge in [-0.15, -0.1) is 0 Å². The predicted molar refractivity (Wildman–Crippen MR) is 109 cm³/mol. The van der Waals surface area contributed by atoms with Crippen LogP contribution < -0.4 is 16.0 Å². The number of aliphatic hydroxyl groups is 1. The van der Waals surface area contributed by atoms with Crippen LogP contribution in [0, 0.1) is 0 Å². The minimum atomic E-state index is -0.713. The number of urea groups is 1. The third-order valence-electron chi connectivity index (χ3n) is 4.73. The van der Waals surface area contributed by atoms with E-state index in [-0.39, 0.29) is 18.1 Å². The summed E-state index contributed by atoms with van der Waals surface area (Å²) < 4.78 is 0. The molecule has 0 aromatic heterocycles. The van der Waals surface area contributed by atoms with Crippen molar-refractivity contribution in [2.45, 2.75) is 44.7 Å². The van der Waals surface area contributed by atoms with Gasteiger partial charge in [-0.05, 0) is 62.9 Å². The summed E-state index contributed by atoms with van der Waals surface area (Å²) in [5.41, 5.74) is 2.20. The molecule has 6 nitrogen and oxygen atoms in total. The summed E-state index contributed by atoms with van der Waals surface area (Å²) in [6.45, 7) is 5.58. The number of fused-ring (bicyclic) bond motifs is 1. The first-order chi connectivity index (χ1) is 13.2. The largest absolute Gasteiger partial charge is 0.394 e. The average molecular weight is 381 g/mol. The number of hydrogen-bond acceptors (Lipinski definition) is 3. The highest BCUT2D eigenvalue weighted by Crippen LogP contribution is 2.29. The molecule has 0 unspecified atom stereocenters. The minimum Gasteiger partial charge on any atom is -0.394 e. The van der Waals surface area contributed by atoms with Crippen molar-refractivity contribution in [3.8, 4) is 0 Å². The minimum absolute atomic E-state index is 0.150. The Morgan fingerprint density at radius 2 is 1.68 bits per heavy atom. The third-order valence-corrected chi connectivity index (χ3v) is 4.73. The van der Waals surface area contributed by atoms with Gasteiger partial charge in [0.2, 0.25) is 0 Å². The molecule has 0 aliphatic heterocycles. The van der Waals surface area contributed by atoms with E-state index in [4.69, 9.17) is 0 Å². The molecule has 3 amide bonds. The highest BCUT2D eigenvalue weighted by Gasteiger charge is 2.38. The average Bonchev–Trinajstić information content (AvgIpc) is 2.99. The Kier molecular flexibility index (Phi) is 5.42. The molecular weight excluding hydrogens is 354 g/mol. The second-order valence-electron chi connectivity index (χ2n) is 8.42. The van der Waals surface area contributed by atoms with Crippen LogP contribution in [0.1, 0.15) is 42.3 Å². The van der Waals surface area contributed by atoms with E-state index in [2.05, 4.69) is 16.0 Å². The third kappa shape index (κ3) is 4.70. The molecule has 0 spiro atoms. The molecule has 0 saturated carbocycles. The molecule has 0 atom stereocenters. The van der Waals surface area contributed by atoms with E-state index in [9.17, 15) is 14.7 Å². The van der Waals surface area contributed by atoms with Crippen LogP contribution in [-0.4, -0.2) is 34.7 Å². The van der Waals surface area contributed by atoms with Crippen molar-refractivity contribution >= 4 is 17.6 Å². The maximum absolute atomic E-state index is 12.6. The van der Waals surface area contributed by atoms with E-state index in [0.717, 1.165) is 11.1 Å². The molecule has 1 aliphatic carbocycles. The Balaban J connectivity index is 1.67. The molecule has 0 saturated heterocycles. The lowest BCUT2D eigenvalue weighted by Gasteiger charge is -2.28. The Morgan fingerprint density at radius 1 is 1.04 bits per heavy atom. The van der Waals surface area contributed by atoms with Crippen LogP contribution >= 0.6 is 0 Å². The summed E-state index contributed by atoms with van der Waals surface area (Å²) in [6, 6.07) is 14.3. The van der Waals surface area contributed by atoms with Gasteiger partial charge in [-0.3, -0.25) is 4.79 Å². The van der Waals surface area contributed by atoms with Crippen molar-refractivity contribution in [1.29, 1.82) is 0 Å². The van der Waals surface area contributed by atoms with Gasteiger partial charge < -0.3 is 21.1 Å². The molecule has 6 heteroatoms. The normalized spacial score (nSPS) is 14.9. The molecule has 0 heterocycles. The van der Waals surface area contributed by atoms with Crippen LogP contribution in [0.5, 0.6) is 0 Å². The van der Waals surface area contributed by atoms with E-state index < -0.39 is 11.6 Å². The van der Waals surface area contributed by atoms with Gasteiger partial charge >= 0.3 is 6.03 Å². The number of benzene rings is 2. The van der Waals surface area contributed by atoms with Crippen molar-refractivity contribution in [1.82, 2.24) is 10.6 Å². The fraction of sp³-hybridized carbons (Fsp3) is 0.364. The number of carbonyl (C=O) groups excluding carboxylic acids is 2. The standard InChI is InChI=1S/C22H27N3O3/c1-21(2,3)24-19(27)15-9-6-10-18(11-15)23-20(28)25-22(14-26)12-16-7-4-5-8-17(16)13-22/h4-11,26H,12-14H2,1-3H3,(H,24,27)(H2,23,25,28). The van der Waals surface area contributed by atoms with E-state index in [1.54, 1.807) is 24.3 Å². The van der Waals surface area contributed by atoms with Crippen LogP contribution in [0.15, 0.2) is 48.5 Å². The lowest BCUT2D eigenvalue weighted by atomic mass is 9.97. The van der Waals surface area contributed by atoms with Gasteiger partial charge in [-0.25, -0.2) is 4.79 Å². The zero-order valence-corrected chi connectivity index (χ0v) is 16.5. The maximum atomic E-state index is 12.6. The van der Waals surface area contributed by atoms with Gasteiger partial charge in [0, 0.05) is 16.8 Å². The molecule has 0 radical (unpaired) electrons. The Morgan fingerprint density at radius 3 is 2.25 bits per heavy atom. The van der Waals surface area contributed by atoms with Gasteiger partial charge in [0.25, 0.3) is 5.91 Å². The lowest BCUT2D eigenvalue weighted by molar-refractivity contribution is 0.0919. The van der Waals surface area contributed by atoms with Crippen molar-refractivity contribution in [2.24, 2.45) is 0 Å². The number of nitrogens with one attached hydrogen (secondary N) is 3. The summed E-state index contributed by atoms with van der Waals surface area (Å²) in [7, 11) is 0. The van der Waals surface area contributed by atoms with E-state index in [1.165, 1.54) is 0 Å². The fourth-order valence-corrected chi connectivity index (χ4v) is 3.49. The first kappa shape index (κ1) is 19.9. The first-order valence-corrected chi connectivity index (χ1v) is 9.39. The van der Waals surface area contributed by atoms with Crippen molar-refractivity contribution in [2.75, 3.05) is 11.9 Å². The fourth-order valence-electron chi connectivity index (χ4n) is 3.49. The molecule has 2 aromatic rings. The molecule has 4 N–H and O–H groups in total. The maximum Gasteiger partial charge on any atom is 0.319 e. The number of anilines is 1. The zero-order valence-electron chi connectivity index (χ0n) is 16.5. The van der Waals surface area contributed by atoms with Gasteiger partial charge in [0.15, 0.2) is 0 Å². The topological polar surface area (TPSA) is 90.5 Å². The Labute approximate surface area is 165 Å². The summed E-state index contributed by atoms with van der Waals surface area (Å²) >= 11 is 0. The molecule has 2 aromatic carbocycles. The SMILES string of the molecule is CC(C)(C)NC(=O)c1cccc(NC(=O)NC2(CO)Cc3ccccc3C2)c1.